The van der Waals surface area contributed by atoms with Gasteiger partial charge in [-0.1, -0.05) is 0 Å². The zero-order chi connectivity index (χ0) is 8.97. The number of ether oxygens (including phenoxy) is 1. The van der Waals surface area contributed by atoms with Crippen LogP contribution in [-0.2, 0) is 9.53 Å². The minimum atomic E-state index is -0.124. The second-order valence-corrected chi connectivity index (χ2v) is 3.02. The van der Waals surface area contributed by atoms with Gasteiger partial charge in [-0.3, -0.25) is 4.79 Å². The molecule has 0 spiro atoms. The van der Waals surface area contributed by atoms with Crippen molar-refractivity contribution in [1.82, 2.24) is 10.6 Å². The molecule has 1 aliphatic heterocycles. The van der Waals surface area contributed by atoms with Gasteiger partial charge in [0.1, 0.15) is 0 Å². The van der Waals surface area contributed by atoms with Gasteiger partial charge in [-0.25, -0.2) is 0 Å². The maximum absolute atomic E-state index is 11.2. The van der Waals surface area contributed by atoms with Crippen LogP contribution in [0.5, 0.6) is 0 Å². The second-order valence-electron chi connectivity index (χ2n) is 3.02. The Labute approximate surface area is 72.7 Å². The van der Waals surface area contributed by atoms with Crippen LogP contribution in [-0.4, -0.2) is 39.3 Å². The average Bonchev–Trinajstić information content (AvgIpc) is 2.16. The van der Waals surface area contributed by atoms with E-state index in [2.05, 4.69) is 10.6 Å². The number of carbonyl (C=O) groups excluding carboxylic acids is 1. The summed E-state index contributed by atoms with van der Waals surface area (Å²) >= 11 is 0. The summed E-state index contributed by atoms with van der Waals surface area (Å²) in [4.78, 5) is 11.2. The van der Waals surface area contributed by atoms with E-state index in [1.165, 1.54) is 7.11 Å². The van der Waals surface area contributed by atoms with E-state index in [0.717, 1.165) is 19.5 Å². The lowest BCUT2D eigenvalue weighted by Gasteiger charge is -2.29. The average molecular weight is 172 g/mol. The van der Waals surface area contributed by atoms with Gasteiger partial charge in [0.2, 0.25) is 0 Å². The van der Waals surface area contributed by atoms with Gasteiger partial charge in [0.15, 0.2) is 0 Å². The predicted octanol–water partition coefficient (Wildman–Crippen LogP) is -0.643. The van der Waals surface area contributed by atoms with Crippen molar-refractivity contribution in [2.75, 3.05) is 27.2 Å². The number of esters is 1. The second kappa shape index (κ2) is 4.42. The summed E-state index contributed by atoms with van der Waals surface area (Å²) in [6.45, 7) is 1.69. The van der Waals surface area contributed by atoms with Crippen LogP contribution in [0.25, 0.3) is 0 Å². The van der Waals surface area contributed by atoms with Crippen LogP contribution < -0.4 is 10.6 Å². The fourth-order valence-corrected chi connectivity index (χ4v) is 1.60. The smallest absolute Gasteiger partial charge is 0.311 e. The highest BCUT2D eigenvalue weighted by atomic mass is 16.5. The van der Waals surface area contributed by atoms with Gasteiger partial charge < -0.3 is 15.4 Å². The molecule has 1 fully saturated rings. The van der Waals surface area contributed by atoms with E-state index in [0.29, 0.717) is 0 Å². The number of rotatable bonds is 2. The van der Waals surface area contributed by atoms with Crippen LogP contribution in [0.2, 0.25) is 0 Å². The molecular weight excluding hydrogens is 156 g/mol. The first-order valence-corrected chi connectivity index (χ1v) is 4.25. The summed E-state index contributed by atoms with van der Waals surface area (Å²) in [5.74, 6) is -0.157. The van der Waals surface area contributed by atoms with E-state index >= 15 is 0 Å². The van der Waals surface area contributed by atoms with Crippen LogP contribution in [0.4, 0.5) is 0 Å². The van der Waals surface area contributed by atoms with E-state index in [9.17, 15) is 4.79 Å². The fourth-order valence-electron chi connectivity index (χ4n) is 1.60. The van der Waals surface area contributed by atoms with E-state index < -0.39 is 0 Å². The summed E-state index contributed by atoms with van der Waals surface area (Å²) < 4.78 is 4.70. The number of hydrogen-bond donors (Lipinski definition) is 2. The number of nitrogens with one attached hydrogen (secondary N) is 2. The van der Waals surface area contributed by atoms with E-state index in [4.69, 9.17) is 4.74 Å². The van der Waals surface area contributed by atoms with E-state index in [1.807, 2.05) is 7.05 Å². The van der Waals surface area contributed by atoms with Gasteiger partial charge in [0.25, 0.3) is 0 Å². The monoisotopic (exact) mass is 172 g/mol. The van der Waals surface area contributed by atoms with Crippen molar-refractivity contribution < 1.29 is 9.53 Å². The highest BCUT2D eigenvalue weighted by Crippen LogP contribution is 2.12. The molecule has 0 aromatic rings. The molecule has 4 heteroatoms. The Balaban J connectivity index is 2.52. The molecule has 0 bridgehead atoms. The first-order chi connectivity index (χ1) is 5.79. The van der Waals surface area contributed by atoms with Crippen molar-refractivity contribution in [3.05, 3.63) is 0 Å². The molecular formula is C8H16N2O2. The summed E-state index contributed by atoms with van der Waals surface area (Å²) in [7, 11) is 3.32. The molecule has 1 aliphatic rings. The van der Waals surface area contributed by atoms with Crippen LogP contribution in [0.1, 0.15) is 6.42 Å². The molecule has 1 rings (SSSR count). The Morgan fingerprint density at radius 2 is 2.42 bits per heavy atom. The lowest BCUT2D eigenvalue weighted by Crippen LogP contribution is -2.49. The van der Waals surface area contributed by atoms with E-state index in [-0.39, 0.29) is 17.9 Å². The molecule has 4 nitrogen and oxygen atoms in total. The highest BCUT2D eigenvalue weighted by molar-refractivity contribution is 5.73. The quantitative estimate of drug-likeness (QED) is 0.544. The SMILES string of the molecule is CNC1CCNCC1C(=O)OC. The molecule has 0 saturated carbocycles. The standard InChI is InChI=1S/C8H16N2O2/c1-9-7-3-4-10-5-6(7)8(11)12-2/h6-7,9-10H,3-5H2,1-2H3. The number of hydrogen-bond acceptors (Lipinski definition) is 4. The Bertz CT molecular complexity index is 161. The number of carbonyl (C=O) groups is 1. The Hall–Kier alpha value is -0.610. The summed E-state index contributed by atoms with van der Waals surface area (Å²) in [6, 6.07) is 0.263. The molecule has 0 aromatic carbocycles. The van der Waals surface area contributed by atoms with Gasteiger partial charge >= 0.3 is 5.97 Å². The Morgan fingerprint density at radius 3 is 3.00 bits per heavy atom. The van der Waals surface area contributed by atoms with Crippen LogP contribution in [0.15, 0.2) is 0 Å². The molecule has 0 amide bonds. The van der Waals surface area contributed by atoms with Gasteiger partial charge in [-0.2, -0.15) is 0 Å². The molecule has 70 valence electrons. The predicted molar refractivity (Wildman–Crippen MR) is 45.8 cm³/mol. The molecule has 0 radical (unpaired) electrons. The first kappa shape index (κ1) is 9.48. The van der Waals surface area contributed by atoms with Crippen LogP contribution in [0.3, 0.4) is 0 Å². The van der Waals surface area contributed by atoms with Crippen molar-refractivity contribution in [3.8, 4) is 0 Å². The Kier molecular flexibility index (Phi) is 3.49. The topological polar surface area (TPSA) is 50.4 Å². The van der Waals surface area contributed by atoms with Crippen molar-refractivity contribution in [2.45, 2.75) is 12.5 Å². The zero-order valence-corrected chi connectivity index (χ0v) is 7.59. The molecule has 1 heterocycles. The van der Waals surface area contributed by atoms with Crippen molar-refractivity contribution in [1.29, 1.82) is 0 Å². The fraction of sp³-hybridized carbons (Fsp3) is 0.875. The molecule has 12 heavy (non-hydrogen) atoms. The normalized spacial score (nSPS) is 29.8. The highest BCUT2D eigenvalue weighted by Gasteiger charge is 2.30. The molecule has 2 unspecified atom stereocenters. The summed E-state index contributed by atoms with van der Waals surface area (Å²) in [6.07, 6.45) is 0.982. The molecule has 0 aliphatic carbocycles. The number of piperidine rings is 1. The van der Waals surface area contributed by atoms with Crippen LogP contribution >= 0.6 is 0 Å². The van der Waals surface area contributed by atoms with Crippen molar-refractivity contribution >= 4 is 5.97 Å². The molecule has 1 saturated heterocycles. The van der Waals surface area contributed by atoms with E-state index in [1.54, 1.807) is 0 Å². The third-order valence-corrected chi connectivity index (χ3v) is 2.36. The van der Waals surface area contributed by atoms with Gasteiger partial charge in [0, 0.05) is 12.6 Å². The minimum Gasteiger partial charge on any atom is -0.469 e. The van der Waals surface area contributed by atoms with Crippen molar-refractivity contribution in [2.24, 2.45) is 5.92 Å². The summed E-state index contributed by atoms with van der Waals surface area (Å²) in [5.41, 5.74) is 0. The third-order valence-electron chi connectivity index (χ3n) is 2.36. The largest absolute Gasteiger partial charge is 0.469 e. The Morgan fingerprint density at radius 1 is 1.67 bits per heavy atom. The van der Waals surface area contributed by atoms with Gasteiger partial charge in [-0.05, 0) is 20.0 Å². The zero-order valence-electron chi connectivity index (χ0n) is 7.59. The maximum atomic E-state index is 11.2. The first-order valence-electron chi connectivity index (χ1n) is 4.25. The van der Waals surface area contributed by atoms with Gasteiger partial charge in [-0.15, -0.1) is 0 Å². The lowest BCUT2D eigenvalue weighted by molar-refractivity contribution is -0.146. The van der Waals surface area contributed by atoms with Crippen molar-refractivity contribution in [3.63, 3.8) is 0 Å². The summed E-state index contributed by atoms with van der Waals surface area (Å²) in [5, 5.41) is 6.30. The minimum absolute atomic E-state index is 0.0336. The number of methoxy groups -OCH3 is 1. The third kappa shape index (κ3) is 1.95. The van der Waals surface area contributed by atoms with Gasteiger partial charge in [0.05, 0.1) is 13.0 Å². The lowest BCUT2D eigenvalue weighted by atomic mass is 9.94. The molecule has 0 aromatic heterocycles. The molecule has 2 atom stereocenters. The molecule has 2 N–H and O–H groups in total. The van der Waals surface area contributed by atoms with Crippen LogP contribution in [0, 0.1) is 5.92 Å². The maximum Gasteiger partial charge on any atom is 0.311 e.